The number of carbonyl (C=O) groups excluding carboxylic acids is 1. The molecule has 0 radical (unpaired) electrons. The van der Waals surface area contributed by atoms with Gasteiger partial charge in [0.2, 0.25) is 0 Å². The number of anilines is 1. The summed E-state index contributed by atoms with van der Waals surface area (Å²) in [6, 6.07) is 17.5. The van der Waals surface area contributed by atoms with Gasteiger partial charge in [-0.25, -0.2) is 22.9 Å². The fourth-order valence-corrected chi connectivity index (χ4v) is 7.06. The van der Waals surface area contributed by atoms with Crippen molar-refractivity contribution in [2.45, 2.75) is 43.3 Å². The molecular weight excluding hydrogens is 564 g/mol. The summed E-state index contributed by atoms with van der Waals surface area (Å²) in [6.45, 7) is 4.28. The van der Waals surface area contributed by atoms with E-state index in [9.17, 15) is 13.2 Å². The number of hydrogen-bond acceptors (Lipinski definition) is 8. The van der Waals surface area contributed by atoms with Gasteiger partial charge in [0.15, 0.2) is 0 Å². The second-order valence-corrected chi connectivity index (χ2v) is 13.0. The minimum Gasteiger partial charge on any atom is -0.355 e. The number of nitrogens with zero attached hydrogens (tertiary/aromatic N) is 6. The highest BCUT2D eigenvalue weighted by atomic mass is 32.2. The third-order valence-corrected chi connectivity index (χ3v) is 9.77. The number of pyridine rings is 2. The first kappa shape index (κ1) is 29.1. The molecule has 4 heterocycles. The van der Waals surface area contributed by atoms with Crippen molar-refractivity contribution in [1.82, 2.24) is 34.2 Å². The molecule has 226 valence electrons. The molecule has 1 saturated heterocycles. The highest BCUT2D eigenvalue weighted by Gasteiger charge is 2.28. The van der Waals surface area contributed by atoms with Crippen LogP contribution < -0.4 is 14.9 Å². The van der Waals surface area contributed by atoms with Gasteiger partial charge in [-0.2, -0.15) is 0 Å². The van der Waals surface area contributed by atoms with Crippen LogP contribution in [-0.2, 0) is 29.5 Å². The lowest BCUT2D eigenvalue weighted by Gasteiger charge is -2.34. The van der Waals surface area contributed by atoms with Crippen LogP contribution >= 0.6 is 0 Å². The second-order valence-electron chi connectivity index (χ2n) is 11.3. The van der Waals surface area contributed by atoms with E-state index in [1.165, 1.54) is 17.7 Å². The van der Waals surface area contributed by atoms with Crippen LogP contribution in [0.2, 0.25) is 0 Å². The summed E-state index contributed by atoms with van der Waals surface area (Å²) >= 11 is 0. The molecule has 0 unspecified atom stereocenters. The fraction of sp³-hybridized carbons (Fsp3) is 0.387. The summed E-state index contributed by atoms with van der Waals surface area (Å²) in [5.41, 5.74) is 4.84. The molecule has 1 aliphatic heterocycles. The predicted molar refractivity (Wildman–Crippen MR) is 165 cm³/mol. The van der Waals surface area contributed by atoms with Crippen LogP contribution in [0.4, 0.5) is 10.6 Å². The van der Waals surface area contributed by atoms with Crippen LogP contribution in [0.15, 0.2) is 71.8 Å². The molecule has 0 spiro atoms. The summed E-state index contributed by atoms with van der Waals surface area (Å²) in [5.74, 6) is 1.01. The summed E-state index contributed by atoms with van der Waals surface area (Å²) in [4.78, 5) is 29.7. The van der Waals surface area contributed by atoms with Gasteiger partial charge in [0.25, 0.3) is 10.0 Å². The van der Waals surface area contributed by atoms with E-state index in [1.54, 1.807) is 18.2 Å². The zero-order chi connectivity index (χ0) is 30.0. The van der Waals surface area contributed by atoms with Gasteiger partial charge < -0.3 is 15.1 Å². The van der Waals surface area contributed by atoms with E-state index in [-0.39, 0.29) is 17.5 Å². The van der Waals surface area contributed by atoms with Crippen molar-refractivity contribution in [2.24, 2.45) is 0 Å². The molecule has 0 saturated carbocycles. The first-order chi connectivity index (χ1) is 20.8. The van der Waals surface area contributed by atoms with E-state index >= 15 is 0 Å². The summed E-state index contributed by atoms with van der Waals surface area (Å²) in [6.07, 6.45) is 4.99. The Morgan fingerprint density at radius 3 is 2.60 bits per heavy atom. The average molecular weight is 603 g/mol. The van der Waals surface area contributed by atoms with Crippen molar-refractivity contribution in [3.63, 3.8) is 0 Å². The molecule has 0 bridgehead atoms. The van der Waals surface area contributed by atoms with Gasteiger partial charge in [0.05, 0.1) is 34.6 Å². The molecule has 2 aliphatic rings. The zero-order valence-corrected chi connectivity index (χ0v) is 25.4. The molecule has 1 atom stereocenters. The van der Waals surface area contributed by atoms with Gasteiger partial charge in [0.1, 0.15) is 11.5 Å². The van der Waals surface area contributed by atoms with Crippen LogP contribution in [0.25, 0.3) is 5.65 Å². The zero-order valence-electron chi connectivity index (χ0n) is 24.6. The minimum atomic E-state index is -4.01. The number of nitrogens with one attached hydrogen (secondary N) is 2. The van der Waals surface area contributed by atoms with Gasteiger partial charge in [-0.3, -0.25) is 14.3 Å². The molecule has 2 N–H and O–H groups in total. The monoisotopic (exact) mass is 602 g/mol. The number of hydrogen-bond donors (Lipinski definition) is 2. The largest absolute Gasteiger partial charge is 0.355 e. The SMILES string of the molecule is CN1CCN(c2cccc3nc(CN(C)[C@H]4CCCc5cccnc54)c(CNC(=O)NS(=O)(=O)c4ccccc4)n23)CC1. The molecule has 6 rings (SSSR count). The molecular formula is C31H38N8O3S. The van der Waals surface area contributed by atoms with Crippen molar-refractivity contribution in [1.29, 1.82) is 0 Å². The first-order valence-corrected chi connectivity index (χ1v) is 16.2. The maximum atomic E-state index is 12.9. The van der Waals surface area contributed by atoms with Crippen molar-refractivity contribution >= 4 is 27.5 Å². The lowest BCUT2D eigenvalue weighted by Crippen LogP contribution is -2.45. The minimum absolute atomic E-state index is 0.0287. The Morgan fingerprint density at radius 2 is 1.81 bits per heavy atom. The highest BCUT2D eigenvalue weighted by molar-refractivity contribution is 7.90. The number of amides is 2. The van der Waals surface area contributed by atoms with Crippen molar-refractivity contribution in [3.8, 4) is 0 Å². The first-order valence-electron chi connectivity index (χ1n) is 14.7. The second kappa shape index (κ2) is 12.3. The molecule has 11 nitrogen and oxygen atoms in total. The van der Waals surface area contributed by atoms with E-state index in [0.29, 0.717) is 6.54 Å². The maximum absolute atomic E-state index is 12.9. The van der Waals surface area contributed by atoms with Crippen LogP contribution in [-0.4, -0.2) is 78.9 Å². The van der Waals surface area contributed by atoms with E-state index in [2.05, 4.69) is 55.4 Å². The summed E-state index contributed by atoms with van der Waals surface area (Å²) < 4.78 is 29.8. The number of rotatable bonds is 8. The smallest absolute Gasteiger partial charge is 0.329 e. The third kappa shape index (κ3) is 6.22. The number of aromatic nitrogens is 3. The Hall–Kier alpha value is -4.00. The predicted octanol–water partition coefficient (Wildman–Crippen LogP) is 3.18. The number of urea groups is 1. The molecule has 3 aromatic heterocycles. The molecule has 1 fully saturated rings. The molecule has 4 aromatic rings. The number of imidazole rings is 1. The van der Waals surface area contributed by atoms with Crippen molar-refractivity contribution in [2.75, 3.05) is 45.2 Å². The molecule has 1 aliphatic carbocycles. The number of fused-ring (bicyclic) bond motifs is 2. The number of benzene rings is 1. The van der Waals surface area contributed by atoms with Gasteiger partial charge in [0, 0.05) is 38.9 Å². The van der Waals surface area contributed by atoms with E-state index in [1.807, 2.05) is 24.4 Å². The lowest BCUT2D eigenvalue weighted by atomic mass is 9.91. The number of carbonyl (C=O) groups is 1. The highest BCUT2D eigenvalue weighted by Crippen LogP contribution is 2.33. The van der Waals surface area contributed by atoms with Gasteiger partial charge >= 0.3 is 6.03 Å². The Kier molecular flexibility index (Phi) is 8.33. The Labute approximate surface area is 252 Å². The van der Waals surface area contributed by atoms with Crippen LogP contribution in [0, 0.1) is 0 Å². The number of sulfonamides is 1. The van der Waals surface area contributed by atoms with Crippen LogP contribution in [0.3, 0.4) is 0 Å². The summed E-state index contributed by atoms with van der Waals surface area (Å²) in [5, 5.41) is 2.80. The van der Waals surface area contributed by atoms with Crippen LogP contribution in [0.5, 0.6) is 0 Å². The Balaban J connectivity index is 1.30. The fourth-order valence-electron chi connectivity index (χ4n) is 6.11. The normalized spacial score (nSPS) is 17.7. The third-order valence-electron chi connectivity index (χ3n) is 8.42. The van der Waals surface area contributed by atoms with Crippen molar-refractivity contribution in [3.05, 3.63) is 89.5 Å². The quantitative estimate of drug-likeness (QED) is 0.316. The standard InChI is InChI=1S/C31H38N8O3S/c1-36-17-19-38(20-18-36)29-15-7-14-28-34-25(22-37(2)26-13-6-9-23-10-8-16-32-30(23)26)27(39(28)29)21-33-31(40)35-43(41,42)24-11-4-3-5-12-24/h3-5,7-8,10-12,14-16,26H,6,9,13,17-22H2,1-2H3,(H2,33,35,40)/t26-/m0/s1. The molecule has 1 aromatic carbocycles. The van der Waals surface area contributed by atoms with Gasteiger partial charge in [-0.15, -0.1) is 0 Å². The maximum Gasteiger partial charge on any atom is 0.329 e. The lowest BCUT2D eigenvalue weighted by molar-refractivity contribution is 0.206. The Bertz CT molecular complexity index is 1700. The summed E-state index contributed by atoms with van der Waals surface area (Å²) in [7, 11) is 0.209. The number of piperazine rings is 1. The van der Waals surface area contributed by atoms with Gasteiger partial charge in [-0.05, 0) is 69.3 Å². The van der Waals surface area contributed by atoms with Crippen LogP contribution in [0.1, 0.15) is 41.5 Å². The van der Waals surface area contributed by atoms with Crippen molar-refractivity contribution < 1.29 is 13.2 Å². The Morgan fingerprint density at radius 1 is 1.02 bits per heavy atom. The number of aryl methyl sites for hydroxylation is 1. The van der Waals surface area contributed by atoms with E-state index < -0.39 is 16.1 Å². The molecule has 2 amide bonds. The molecule has 12 heteroatoms. The topological polar surface area (TPSA) is 115 Å². The average Bonchev–Trinajstić information content (AvgIpc) is 3.37. The number of likely N-dealkylation sites (N-methyl/N-ethyl adjacent to an activating group) is 1. The van der Waals surface area contributed by atoms with E-state index in [0.717, 1.165) is 74.0 Å². The van der Waals surface area contributed by atoms with E-state index in [4.69, 9.17) is 9.97 Å². The van der Waals surface area contributed by atoms with Gasteiger partial charge in [-0.1, -0.05) is 30.3 Å². The molecule has 43 heavy (non-hydrogen) atoms.